The summed E-state index contributed by atoms with van der Waals surface area (Å²) in [6.07, 6.45) is 15.3. The zero-order chi connectivity index (χ0) is 13.1. The molecule has 0 amide bonds. The summed E-state index contributed by atoms with van der Waals surface area (Å²) in [5.41, 5.74) is 0.806. The third-order valence-corrected chi connectivity index (χ3v) is 2.72. The number of hydrogen-bond donors (Lipinski definition) is 1. The molecule has 0 unspecified atom stereocenters. The van der Waals surface area contributed by atoms with E-state index in [1.807, 2.05) is 18.2 Å². The molecule has 0 saturated carbocycles. The van der Waals surface area contributed by atoms with Gasteiger partial charge >= 0.3 is 29.6 Å². The number of aliphatic hydroxyl groups is 1. The van der Waals surface area contributed by atoms with Gasteiger partial charge in [-0.25, -0.2) is 0 Å². The fourth-order valence-corrected chi connectivity index (χ4v) is 1.67. The van der Waals surface area contributed by atoms with Gasteiger partial charge in [0.2, 0.25) is 0 Å². The molecule has 1 heterocycles. The van der Waals surface area contributed by atoms with E-state index in [9.17, 15) is 5.11 Å². The predicted molar refractivity (Wildman–Crippen MR) is 76.2 cm³/mol. The van der Waals surface area contributed by atoms with Crippen LogP contribution >= 0.6 is 0 Å². The standard InChI is InChI=1S/C16H22NO.Na/c1-2-3-4-5-6-7-11-16(18)13-12-15-10-8-9-14-17-15;/h8-13,18H,2-7H2,1H3;/q-1;+1. The Morgan fingerprint density at radius 3 is 2.79 bits per heavy atom. The molecule has 0 saturated heterocycles. The number of nitrogens with zero attached hydrogens (tertiary/aromatic N) is 1. The molecular weight excluding hydrogens is 245 g/mol. The average Bonchev–Trinajstić information content (AvgIpc) is 2.41. The summed E-state index contributed by atoms with van der Waals surface area (Å²) < 4.78 is 0. The summed E-state index contributed by atoms with van der Waals surface area (Å²) in [4.78, 5) is 4.03. The van der Waals surface area contributed by atoms with Crippen molar-refractivity contribution in [3.8, 4) is 0 Å². The fourth-order valence-electron chi connectivity index (χ4n) is 1.67. The monoisotopic (exact) mass is 267 g/mol. The molecule has 0 radical (unpaired) electrons. The van der Waals surface area contributed by atoms with Crippen molar-refractivity contribution in [3.05, 3.63) is 48.0 Å². The van der Waals surface area contributed by atoms with Crippen molar-refractivity contribution in [1.29, 1.82) is 0 Å². The summed E-state index contributed by atoms with van der Waals surface area (Å²) in [5, 5.41) is 9.65. The zero-order valence-corrected chi connectivity index (χ0v) is 14.1. The van der Waals surface area contributed by atoms with Crippen LogP contribution in [0.2, 0.25) is 0 Å². The van der Waals surface area contributed by atoms with Crippen LogP contribution in [0, 0.1) is 6.20 Å². The number of unbranched alkanes of at least 4 members (excludes halogenated alkanes) is 5. The van der Waals surface area contributed by atoms with Crippen LogP contribution in [-0.4, -0.2) is 10.1 Å². The molecule has 0 aliphatic carbocycles. The first-order valence-corrected chi connectivity index (χ1v) is 6.73. The van der Waals surface area contributed by atoms with Crippen molar-refractivity contribution in [2.24, 2.45) is 0 Å². The molecule has 0 atom stereocenters. The number of allylic oxidation sites excluding steroid dienone is 2. The third kappa shape index (κ3) is 9.94. The van der Waals surface area contributed by atoms with Crippen LogP contribution in [0.5, 0.6) is 0 Å². The Morgan fingerprint density at radius 1 is 1.32 bits per heavy atom. The SMILES string of the molecule is CCCCCCCC=C(O)C=Cc1ccc[c-]n1.[Na+]. The van der Waals surface area contributed by atoms with Gasteiger partial charge in [0.1, 0.15) is 5.76 Å². The quantitative estimate of drug-likeness (QED) is 0.256. The normalized spacial score (nSPS) is 11.5. The molecule has 0 aliphatic rings. The molecule has 0 aromatic carbocycles. The molecule has 1 N–H and O–H groups in total. The average molecular weight is 267 g/mol. The maximum atomic E-state index is 9.65. The van der Waals surface area contributed by atoms with Gasteiger partial charge < -0.3 is 10.1 Å². The fraction of sp³-hybridized carbons (Fsp3) is 0.438. The molecule has 0 fully saturated rings. The second-order valence-corrected chi connectivity index (χ2v) is 4.36. The molecule has 2 nitrogen and oxygen atoms in total. The van der Waals surface area contributed by atoms with Gasteiger partial charge in [-0.3, -0.25) is 0 Å². The molecule has 3 heteroatoms. The van der Waals surface area contributed by atoms with Crippen LogP contribution in [0.3, 0.4) is 0 Å². The van der Waals surface area contributed by atoms with Crippen molar-refractivity contribution in [3.63, 3.8) is 0 Å². The van der Waals surface area contributed by atoms with Crippen LogP contribution in [0.15, 0.2) is 36.1 Å². The first kappa shape index (κ1) is 18.4. The largest absolute Gasteiger partial charge is 1.00 e. The number of aliphatic hydroxyl groups excluding tert-OH is 1. The van der Waals surface area contributed by atoms with Crippen molar-refractivity contribution >= 4 is 6.08 Å². The summed E-state index contributed by atoms with van der Waals surface area (Å²) in [7, 11) is 0. The van der Waals surface area contributed by atoms with Gasteiger partial charge in [0.25, 0.3) is 0 Å². The maximum Gasteiger partial charge on any atom is 1.00 e. The predicted octanol–water partition coefficient (Wildman–Crippen LogP) is 1.70. The summed E-state index contributed by atoms with van der Waals surface area (Å²) in [6.45, 7) is 2.21. The molecule has 19 heavy (non-hydrogen) atoms. The van der Waals surface area contributed by atoms with E-state index in [0.29, 0.717) is 5.76 Å². The van der Waals surface area contributed by atoms with Crippen LogP contribution in [0.1, 0.15) is 51.1 Å². The first-order chi connectivity index (χ1) is 8.83. The Labute approximate surface area is 138 Å². The second kappa shape index (κ2) is 12.5. The van der Waals surface area contributed by atoms with Gasteiger partial charge in [0.15, 0.2) is 0 Å². The number of hydrogen-bond acceptors (Lipinski definition) is 2. The Bertz CT molecular complexity index is 374. The molecule has 1 aromatic rings. The second-order valence-electron chi connectivity index (χ2n) is 4.36. The van der Waals surface area contributed by atoms with Gasteiger partial charge in [-0.2, -0.15) is 12.1 Å². The van der Waals surface area contributed by atoms with E-state index in [4.69, 9.17) is 0 Å². The number of aromatic nitrogens is 1. The van der Waals surface area contributed by atoms with Gasteiger partial charge in [-0.1, -0.05) is 50.6 Å². The van der Waals surface area contributed by atoms with Crippen LogP contribution in [0.25, 0.3) is 6.08 Å². The van der Waals surface area contributed by atoms with E-state index in [1.165, 1.54) is 25.7 Å². The van der Waals surface area contributed by atoms with Crippen molar-refractivity contribution < 1.29 is 34.7 Å². The smallest absolute Gasteiger partial charge is 0.508 e. The molecule has 0 bridgehead atoms. The minimum Gasteiger partial charge on any atom is -0.508 e. The first-order valence-electron chi connectivity index (χ1n) is 6.73. The van der Waals surface area contributed by atoms with Gasteiger partial charge in [-0.15, -0.1) is 6.07 Å². The molecule has 98 valence electrons. The van der Waals surface area contributed by atoms with Gasteiger partial charge in [-0.05, 0) is 25.0 Å². The molecule has 1 rings (SSSR count). The third-order valence-electron chi connectivity index (χ3n) is 2.72. The van der Waals surface area contributed by atoms with Gasteiger partial charge in [0.05, 0.1) is 0 Å². The van der Waals surface area contributed by atoms with Crippen molar-refractivity contribution in [2.45, 2.75) is 45.4 Å². The minimum atomic E-state index is 0. The topological polar surface area (TPSA) is 33.1 Å². The van der Waals surface area contributed by atoms with E-state index >= 15 is 0 Å². The van der Waals surface area contributed by atoms with Crippen LogP contribution < -0.4 is 29.6 Å². The van der Waals surface area contributed by atoms with E-state index < -0.39 is 0 Å². The van der Waals surface area contributed by atoms with Crippen LogP contribution in [0.4, 0.5) is 0 Å². The van der Waals surface area contributed by atoms with E-state index in [2.05, 4.69) is 18.1 Å². The minimum absolute atomic E-state index is 0. The Kier molecular flexibility index (Phi) is 12.1. The Hall–Kier alpha value is -0.570. The summed E-state index contributed by atoms with van der Waals surface area (Å²) in [5.74, 6) is 0.316. The zero-order valence-electron chi connectivity index (χ0n) is 12.1. The summed E-state index contributed by atoms with van der Waals surface area (Å²) in [6, 6.07) is 5.51. The maximum absolute atomic E-state index is 9.65. The molecule has 1 aromatic heterocycles. The van der Waals surface area contributed by atoms with Crippen LogP contribution in [-0.2, 0) is 0 Å². The molecular formula is C16H22NNaO. The van der Waals surface area contributed by atoms with Gasteiger partial charge in [0, 0.05) is 0 Å². The van der Waals surface area contributed by atoms with Crippen molar-refractivity contribution in [2.75, 3.05) is 0 Å². The number of pyridine rings is 1. The number of rotatable bonds is 8. The Morgan fingerprint density at radius 2 is 2.11 bits per heavy atom. The van der Waals surface area contributed by atoms with E-state index in [0.717, 1.165) is 18.5 Å². The molecule has 0 aliphatic heterocycles. The van der Waals surface area contributed by atoms with E-state index in [-0.39, 0.29) is 29.6 Å². The van der Waals surface area contributed by atoms with Crippen molar-refractivity contribution in [1.82, 2.24) is 4.98 Å². The summed E-state index contributed by atoms with van der Waals surface area (Å²) >= 11 is 0. The Balaban J connectivity index is 0.00000324. The molecule has 0 spiro atoms. The van der Waals surface area contributed by atoms with E-state index in [1.54, 1.807) is 18.2 Å².